The number of halogens is 1. The number of aromatic hydroxyl groups is 1. The molecule has 1 aromatic rings. The van der Waals surface area contributed by atoms with E-state index in [2.05, 4.69) is 16.8 Å². The number of anilines is 1. The van der Waals surface area contributed by atoms with Crippen molar-refractivity contribution >= 4 is 29.1 Å². The van der Waals surface area contributed by atoms with Gasteiger partial charge in [-0.1, -0.05) is 25.1 Å². The van der Waals surface area contributed by atoms with E-state index in [1.54, 1.807) is 11.0 Å². The van der Waals surface area contributed by atoms with Gasteiger partial charge in [-0.15, -0.1) is 0 Å². The maximum Gasteiger partial charge on any atom is 0.246 e. The predicted octanol–water partition coefficient (Wildman–Crippen LogP) is 1.56. The van der Waals surface area contributed by atoms with E-state index in [1.807, 2.05) is 11.8 Å². The van der Waals surface area contributed by atoms with Gasteiger partial charge in [-0.2, -0.15) is 0 Å². The van der Waals surface area contributed by atoms with Crippen molar-refractivity contribution in [3.8, 4) is 5.75 Å². The molecule has 7 nitrogen and oxygen atoms in total. The van der Waals surface area contributed by atoms with Crippen LogP contribution in [0.3, 0.4) is 0 Å². The Balaban J connectivity index is 1.45. The Morgan fingerprint density at radius 2 is 1.93 bits per heavy atom. The minimum Gasteiger partial charge on any atom is -0.506 e. The molecule has 0 spiro atoms. The summed E-state index contributed by atoms with van der Waals surface area (Å²) < 4.78 is 0. The summed E-state index contributed by atoms with van der Waals surface area (Å²) in [6.07, 6.45) is 2.10. The minimum absolute atomic E-state index is 0.00381. The van der Waals surface area contributed by atoms with E-state index in [1.165, 1.54) is 12.1 Å². The standard InChI is InChI=1S/C20H27ClN4O3/c1-3-14-9-17(18(26)10-16(14)21)22-11-20(28)24-7-5-23(6-8-24)15-12-25(13-15)19(27)4-2/h4,9-10,15,22,26H,2-3,5-8,11-13H2,1H3. The van der Waals surface area contributed by atoms with Crippen LogP contribution in [0.2, 0.25) is 5.02 Å². The number of rotatable bonds is 6. The van der Waals surface area contributed by atoms with Crippen molar-refractivity contribution in [3.63, 3.8) is 0 Å². The molecule has 2 fully saturated rings. The van der Waals surface area contributed by atoms with Crippen LogP contribution in [0.5, 0.6) is 5.75 Å². The van der Waals surface area contributed by atoms with Crippen molar-refractivity contribution in [3.05, 3.63) is 35.4 Å². The number of hydrogen-bond acceptors (Lipinski definition) is 5. The molecule has 1 aromatic carbocycles. The lowest BCUT2D eigenvalue weighted by Crippen LogP contribution is -2.64. The van der Waals surface area contributed by atoms with Gasteiger partial charge in [0.2, 0.25) is 11.8 Å². The van der Waals surface area contributed by atoms with Crippen molar-refractivity contribution in [2.45, 2.75) is 19.4 Å². The predicted molar refractivity (Wildman–Crippen MR) is 110 cm³/mol. The number of likely N-dealkylation sites (tertiary alicyclic amines) is 1. The number of benzene rings is 1. The topological polar surface area (TPSA) is 76.1 Å². The van der Waals surface area contributed by atoms with Crippen molar-refractivity contribution in [2.24, 2.45) is 0 Å². The highest BCUT2D eigenvalue weighted by molar-refractivity contribution is 6.31. The van der Waals surface area contributed by atoms with Crippen LogP contribution in [0.1, 0.15) is 12.5 Å². The van der Waals surface area contributed by atoms with E-state index in [9.17, 15) is 14.7 Å². The van der Waals surface area contributed by atoms with Gasteiger partial charge in [-0.3, -0.25) is 14.5 Å². The summed E-state index contributed by atoms with van der Waals surface area (Å²) in [7, 11) is 0. The average Bonchev–Trinajstić information content (AvgIpc) is 2.66. The van der Waals surface area contributed by atoms with Crippen LogP contribution >= 0.6 is 11.6 Å². The van der Waals surface area contributed by atoms with Gasteiger partial charge in [0.25, 0.3) is 0 Å². The zero-order valence-corrected chi connectivity index (χ0v) is 16.9. The Morgan fingerprint density at radius 3 is 2.54 bits per heavy atom. The zero-order chi connectivity index (χ0) is 20.3. The number of nitrogens with one attached hydrogen (secondary N) is 1. The molecule has 8 heteroatoms. The summed E-state index contributed by atoms with van der Waals surface area (Å²) >= 11 is 6.08. The molecule has 152 valence electrons. The quantitative estimate of drug-likeness (QED) is 0.554. The van der Waals surface area contributed by atoms with Crippen molar-refractivity contribution in [2.75, 3.05) is 51.1 Å². The van der Waals surface area contributed by atoms with Gasteiger partial charge in [-0.05, 0) is 24.1 Å². The van der Waals surface area contributed by atoms with Gasteiger partial charge in [0.05, 0.1) is 12.2 Å². The third-order valence-corrected chi connectivity index (χ3v) is 5.86. The molecule has 2 heterocycles. The molecule has 0 atom stereocenters. The molecule has 2 saturated heterocycles. The highest BCUT2D eigenvalue weighted by Crippen LogP contribution is 2.30. The Kier molecular flexibility index (Phi) is 6.46. The van der Waals surface area contributed by atoms with Gasteiger partial charge in [0.15, 0.2) is 0 Å². The summed E-state index contributed by atoms with van der Waals surface area (Å²) in [5, 5.41) is 13.6. The molecule has 2 aliphatic rings. The molecule has 0 unspecified atom stereocenters. The van der Waals surface area contributed by atoms with Gasteiger partial charge >= 0.3 is 0 Å². The first-order chi connectivity index (χ1) is 13.4. The Labute approximate surface area is 170 Å². The number of carbonyl (C=O) groups is 2. The van der Waals surface area contributed by atoms with Crippen LogP contribution in [0, 0.1) is 0 Å². The lowest BCUT2D eigenvalue weighted by atomic mass is 10.1. The van der Waals surface area contributed by atoms with E-state index in [4.69, 9.17) is 11.6 Å². The molecule has 0 saturated carbocycles. The Hall–Kier alpha value is -2.25. The van der Waals surface area contributed by atoms with E-state index in [0.717, 1.165) is 38.2 Å². The lowest BCUT2D eigenvalue weighted by Gasteiger charge is -2.47. The number of piperazine rings is 1. The average molecular weight is 407 g/mol. The number of phenols is 1. The molecule has 0 bridgehead atoms. The van der Waals surface area contributed by atoms with E-state index >= 15 is 0 Å². The van der Waals surface area contributed by atoms with E-state index in [0.29, 0.717) is 29.8 Å². The lowest BCUT2D eigenvalue weighted by molar-refractivity contribution is -0.135. The normalized spacial score (nSPS) is 17.9. The van der Waals surface area contributed by atoms with Gasteiger partial charge in [0, 0.05) is 56.4 Å². The Bertz CT molecular complexity index is 756. The molecule has 28 heavy (non-hydrogen) atoms. The summed E-state index contributed by atoms with van der Waals surface area (Å²) in [5.74, 6) is 0.0281. The highest BCUT2D eigenvalue weighted by Gasteiger charge is 2.35. The summed E-state index contributed by atoms with van der Waals surface area (Å²) in [6, 6.07) is 3.67. The highest BCUT2D eigenvalue weighted by atomic mass is 35.5. The van der Waals surface area contributed by atoms with Crippen molar-refractivity contribution in [1.29, 1.82) is 0 Å². The second-order valence-electron chi connectivity index (χ2n) is 7.19. The SMILES string of the molecule is C=CC(=O)N1CC(N2CCN(C(=O)CNc3cc(CC)c(Cl)cc3O)CC2)C1. The van der Waals surface area contributed by atoms with Gasteiger partial charge < -0.3 is 20.2 Å². The molecule has 0 radical (unpaired) electrons. The zero-order valence-electron chi connectivity index (χ0n) is 16.2. The van der Waals surface area contributed by atoms with E-state index < -0.39 is 0 Å². The number of carbonyl (C=O) groups excluding carboxylic acids is 2. The number of aryl methyl sites for hydroxylation is 1. The first-order valence-corrected chi connectivity index (χ1v) is 9.99. The third kappa shape index (κ3) is 4.42. The summed E-state index contributed by atoms with van der Waals surface area (Å²) in [4.78, 5) is 30.0. The van der Waals surface area contributed by atoms with Crippen LogP contribution in [0.4, 0.5) is 5.69 Å². The van der Waals surface area contributed by atoms with Crippen LogP contribution in [0.15, 0.2) is 24.8 Å². The molecule has 0 aliphatic carbocycles. The Morgan fingerprint density at radius 1 is 1.25 bits per heavy atom. The van der Waals surface area contributed by atoms with Crippen molar-refractivity contribution in [1.82, 2.24) is 14.7 Å². The second-order valence-corrected chi connectivity index (χ2v) is 7.59. The first-order valence-electron chi connectivity index (χ1n) is 9.61. The summed E-state index contributed by atoms with van der Waals surface area (Å²) in [6.45, 7) is 10.0. The fourth-order valence-electron chi connectivity index (χ4n) is 3.63. The van der Waals surface area contributed by atoms with Crippen LogP contribution in [0.25, 0.3) is 0 Å². The number of phenolic OH excluding ortho intramolecular Hbond substituents is 1. The first kappa shape index (κ1) is 20.5. The number of hydrogen-bond donors (Lipinski definition) is 2. The maximum atomic E-state index is 12.5. The summed E-state index contributed by atoms with van der Waals surface area (Å²) in [5.41, 5.74) is 1.45. The van der Waals surface area contributed by atoms with Crippen LogP contribution in [-0.2, 0) is 16.0 Å². The molecule has 2 aliphatic heterocycles. The second kappa shape index (κ2) is 8.84. The molecule has 3 rings (SSSR count). The fraction of sp³-hybridized carbons (Fsp3) is 0.500. The molecule has 0 aromatic heterocycles. The van der Waals surface area contributed by atoms with Gasteiger partial charge in [-0.25, -0.2) is 0 Å². The smallest absolute Gasteiger partial charge is 0.246 e. The van der Waals surface area contributed by atoms with E-state index in [-0.39, 0.29) is 24.1 Å². The number of nitrogens with zero attached hydrogens (tertiary/aromatic N) is 3. The molecular weight excluding hydrogens is 380 g/mol. The largest absolute Gasteiger partial charge is 0.506 e. The minimum atomic E-state index is -0.0205. The third-order valence-electron chi connectivity index (χ3n) is 5.51. The molecule has 2 amide bonds. The van der Waals surface area contributed by atoms with Gasteiger partial charge in [0.1, 0.15) is 5.75 Å². The number of amides is 2. The van der Waals surface area contributed by atoms with Crippen LogP contribution < -0.4 is 5.32 Å². The fourth-order valence-corrected chi connectivity index (χ4v) is 3.93. The van der Waals surface area contributed by atoms with Crippen molar-refractivity contribution < 1.29 is 14.7 Å². The maximum absolute atomic E-state index is 12.5. The van der Waals surface area contributed by atoms with Crippen LogP contribution in [-0.4, -0.2) is 83.5 Å². The molecule has 2 N–H and O–H groups in total. The molecular formula is C20H27ClN4O3. The monoisotopic (exact) mass is 406 g/mol.